The Kier molecular flexibility index (Phi) is 8.76. The predicted octanol–water partition coefficient (Wildman–Crippen LogP) is 7.10. The zero-order valence-corrected chi connectivity index (χ0v) is 24.3. The van der Waals surface area contributed by atoms with Gasteiger partial charge in [0.05, 0.1) is 0 Å². The van der Waals surface area contributed by atoms with Crippen LogP contribution in [-0.2, 0) is 14.6 Å². The highest BCUT2D eigenvalue weighted by atomic mass is 32.2. The molecule has 2 heterocycles. The van der Waals surface area contributed by atoms with Gasteiger partial charge in [-0.15, -0.1) is 11.3 Å². The smallest absolute Gasteiger partial charge is 0.491 e. The average molecular weight is 620 g/mol. The lowest BCUT2D eigenvalue weighted by atomic mass is 10.0. The maximum Gasteiger partial charge on any atom is 0.491 e. The lowest BCUT2D eigenvalue weighted by Crippen LogP contribution is -2.33. The van der Waals surface area contributed by atoms with Gasteiger partial charge in [0, 0.05) is 29.1 Å². The topological polar surface area (TPSA) is 82.1 Å². The van der Waals surface area contributed by atoms with E-state index < -0.39 is 22.0 Å². The second kappa shape index (κ2) is 12.3. The molecule has 222 valence electrons. The van der Waals surface area contributed by atoms with Crippen molar-refractivity contribution < 1.29 is 40.6 Å². The second-order valence-corrected chi connectivity index (χ2v) is 13.1. The van der Waals surface area contributed by atoms with Gasteiger partial charge in [-0.2, -0.15) is 13.2 Å². The largest absolute Gasteiger partial charge is 0.492 e. The highest BCUT2D eigenvalue weighted by Crippen LogP contribution is 2.42. The quantitative estimate of drug-likeness (QED) is 0.146. The van der Waals surface area contributed by atoms with Crippen LogP contribution in [0.5, 0.6) is 23.0 Å². The number of likely N-dealkylation sites (tertiary alicyclic amines) is 1. The number of hydrogen-bond acceptors (Lipinski definition) is 8. The number of hydrogen-bond donors (Lipinski definition) is 0. The van der Waals surface area contributed by atoms with Gasteiger partial charge in [-0.1, -0.05) is 12.5 Å². The molecule has 3 aromatic carbocycles. The molecule has 0 bridgehead atoms. The van der Waals surface area contributed by atoms with E-state index in [2.05, 4.69) is 9.64 Å². The summed E-state index contributed by atoms with van der Waals surface area (Å²) in [6.07, 6.45) is -0.311. The molecule has 0 aliphatic carbocycles. The minimum Gasteiger partial charge on any atom is -0.492 e. The molecule has 12 heteroatoms. The molecule has 1 aromatic heterocycles. The molecular weight excluding hydrogens is 591 g/mol. The normalized spacial score (nSPS) is 14.6. The Hall–Kier alpha value is -3.61. The predicted molar refractivity (Wildman–Crippen MR) is 154 cm³/mol. The summed E-state index contributed by atoms with van der Waals surface area (Å²) >= 11 is 1.08. The molecule has 0 radical (unpaired) electrons. The van der Waals surface area contributed by atoms with Crippen molar-refractivity contribution in [2.45, 2.75) is 29.6 Å². The van der Waals surface area contributed by atoms with E-state index in [1.54, 1.807) is 47.8 Å². The van der Waals surface area contributed by atoms with E-state index in [9.17, 15) is 26.4 Å². The van der Waals surface area contributed by atoms with Crippen LogP contribution in [0.2, 0.25) is 0 Å². The Balaban J connectivity index is 1.42. The van der Waals surface area contributed by atoms with Crippen LogP contribution in [0.1, 0.15) is 19.3 Å². The number of nitrogens with zero attached hydrogens (tertiary/aromatic N) is 1. The molecule has 0 spiro atoms. The number of rotatable bonds is 9. The number of halogens is 3. The van der Waals surface area contributed by atoms with Gasteiger partial charge in [-0.25, -0.2) is 13.2 Å². The fourth-order valence-electron chi connectivity index (χ4n) is 4.69. The molecular formula is C30H28F3NO6S2. The van der Waals surface area contributed by atoms with E-state index in [0.29, 0.717) is 45.8 Å². The van der Waals surface area contributed by atoms with Crippen molar-refractivity contribution in [2.24, 2.45) is 0 Å². The minimum atomic E-state index is -5.13. The summed E-state index contributed by atoms with van der Waals surface area (Å²) in [5.41, 5.74) is 1.18. The first-order valence-corrected chi connectivity index (χ1v) is 16.0. The van der Waals surface area contributed by atoms with Gasteiger partial charge >= 0.3 is 12.1 Å². The molecule has 7 nitrogen and oxygen atoms in total. The molecule has 1 saturated heterocycles. The summed E-state index contributed by atoms with van der Waals surface area (Å²) < 4.78 is 79.2. The summed E-state index contributed by atoms with van der Waals surface area (Å²) in [6.45, 7) is 3.60. The molecule has 0 unspecified atom stereocenters. The Morgan fingerprint density at radius 3 is 2.29 bits per heavy atom. The number of carbonyl (C=O) groups is 1. The van der Waals surface area contributed by atoms with Crippen molar-refractivity contribution in [1.82, 2.24) is 4.90 Å². The Morgan fingerprint density at radius 2 is 1.62 bits per heavy atom. The van der Waals surface area contributed by atoms with Crippen LogP contribution in [0.4, 0.5) is 13.2 Å². The van der Waals surface area contributed by atoms with Crippen LogP contribution in [0.25, 0.3) is 21.9 Å². The number of piperidine rings is 1. The maximum absolute atomic E-state index is 12.7. The first kappa shape index (κ1) is 29.9. The summed E-state index contributed by atoms with van der Waals surface area (Å²) in [4.78, 5) is 13.7. The van der Waals surface area contributed by atoms with Gasteiger partial charge in [0.15, 0.2) is 9.84 Å². The molecule has 5 rings (SSSR count). The molecule has 1 fully saturated rings. The number of benzene rings is 3. The maximum atomic E-state index is 12.7. The van der Waals surface area contributed by atoms with Crippen LogP contribution >= 0.6 is 11.3 Å². The first-order chi connectivity index (χ1) is 20.0. The van der Waals surface area contributed by atoms with Crippen molar-refractivity contribution >= 4 is 37.9 Å². The third kappa shape index (κ3) is 7.23. The molecule has 0 N–H and O–H groups in total. The van der Waals surface area contributed by atoms with Crippen LogP contribution in [-0.4, -0.2) is 58.0 Å². The second-order valence-electron chi connectivity index (χ2n) is 9.96. The number of esters is 1. The fourth-order valence-corrected chi connectivity index (χ4v) is 6.51. The van der Waals surface area contributed by atoms with E-state index in [4.69, 9.17) is 9.47 Å². The summed E-state index contributed by atoms with van der Waals surface area (Å²) in [7, 11) is -3.43. The summed E-state index contributed by atoms with van der Waals surface area (Å²) in [5, 5.41) is 2.68. The molecule has 0 amide bonds. The van der Waals surface area contributed by atoms with Crippen molar-refractivity contribution in [3.63, 3.8) is 0 Å². The van der Waals surface area contributed by atoms with Crippen molar-refractivity contribution in [2.75, 3.05) is 32.5 Å². The average Bonchev–Trinajstić information content (AvgIpc) is 3.45. The zero-order chi connectivity index (χ0) is 29.9. The van der Waals surface area contributed by atoms with E-state index in [1.165, 1.54) is 37.5 Å². The number of thiophene rings is 1. The number of ether oxygens (including phenoxy) is 3. The molecule has 1 aliphatic heterocycles. The number of sulfone groups is 1. The lowest BCUT2D eigenvalue weighted by Gasteiger charge is -2.26. The van der Waals surface area contributed by atoms with E-state index in [0.717, 1.165) is 37.2 Å². The zero-order valence-electron chi connectivity index (χ0n) is 22.6. The van der Waals surface area contributed by atoms with Crippen molar-refractivity contribution in [3.8, 4) is 34.1 Å². The lowest BCUT2D eigenvalue weighted by molar-refractivity contribution is -0.189. The van der Waals surface area contributed by atoms with Gasteiger partial charge in [-0.3, -0.25) is 4.90 Å². The SMILES string of the molecule is CS(=O)(=O)c1cc(-c2ccc3cc(OC(=O)C(F)(F)F)ccc3c2Oc2ccc(OCCN3CCCCC3)cc2)cs1. The van der Waals surface area contributed by atoms with Crippen LogP contribution < -0.4 is 14.2 Å². The standard InChI is InChI=1S/C30H28F3NO6S2/c1-42(36,37)27-18-21(19-41-27)26-11-5-20-17-24(40-29(35)30(31,32)33)10-12-25(20)28(26)39-23-8-6-22(7-9-23)38-16-15-34-13-3-2-4-14-34/h5-12,17-19H,2-4,13-16H2,1H3. The van der Waals surface area contributed by atoms with Gasteiger partial charge in [0.2, 0.25) is 0 Å². The number of carbonyl (C=O) groups excluding carboxylic acids is 1. The minimum absolute atomic E-state index is 0.184. The molecule has 1 aliphatic rings. The van der Waals surface area contributed by atoms with E-state index >= 15 is 0 Å². The third-order valence-corrected chi connectivity index (χ3v) is 9.57. The van der Waals surface area contributed by atoms with Crippen LogP contribution in [0.15, 0.2) is 70.3 Å². The molecule has 0 saturated carbocycles. The van der Waals surface area contributed by atoms with Gasteiger partial charge < -0.3 is 14.2 Å². The molecule has 42 heavy (non-hydrogen) atoms. The van der Waals surface area contributed by atoms with E-state index in [-0.39, 0.29) is 9.96 Å². The molecule has 4 aromatic rings. The Bertz CT molecular complexity index is 1680. The van der Waals surface area contributed by atoms with Crippen LogP contribution in [0.3, 0.4) is 0 Å². The van der Waals surface area contributed by atoms with Crippen LogP contribution in [0, 0.1) is 0 Å². The highest BCUT2D eigenvalue weighted by molar-refractivity contribution is 7.92. The highest BCUT2D eigenvalue weighted by Gasteiger charge is 2.41. The Labute approximate surface area is 245 Å². The van der Waals surface area contributed by atoms with Crippen molar-refractivity contribution in [1.29, 1.82) is 0 Å². The first-order valence-electron chi connectivity index (χ1n) is 13.3. The monoisotopic (exact) mass is 619 g/mol. The Morgan fingerprint density at radius 1 is 0.929 bits per heavy atom. The van der Waals surface area contributed by atoms with Gasteiger partial charge in [0.1, 0.15) is 33.8 Å². The van der Waals surface area contributed by atoms with E-state index in [1.807, 2.05) is 0 Å². The number of fused-ring (bicyclic) bond motifs is 1. The summed E-state index contributed by atoms with van der Waals surface area (Å²) in [5.74, 6) is -1.08. The third-order valence-electron chi connectivity index (χ3n) is 6.80. The summed E-state index contributed by atoms with van der Waals surface area (Å²) in [6, 6.07) is 16.0. The van der Waals surface area contributed by atoms with Gasteiger partial charge in [-0.05, 0) is 91.5 Å². The fraction of sp³-hybridized carbons (Fsp3) is 0.300. The molecule has 0 atom stereocenters. The van der Waals surface area contributed by atoms with Crippen molar-refractivity contribution in [3.05, 3.63) is 66.0 Å². The van der Waals surface area contributed by atoms with Gasteiger partial charge in [0.25, 0.3) is 0 Å². The number of alkyl halides is 3.